The third kappa shape index (κ3) is 3.56. The molecule has 2 aliphatic carbocycles. The minimum absolute atomic E-state index is 0.0920. The monoisotopic (exact) mass is 373 g/mol. The minimum Gasteiger partial charge on any atom is -0.335 e. The summed E-state index contributed by atoms with van der Waals surface area (Å²) in [6.45, 7) is 0.118. The lowest BCUT2D eigenvalue weighted by Gasteiger charge is -2.42. The van der Waals surface area contributed by atoms with Crippen molar-refractivity contribution in [1.82, 2.24) is 14.5 Å². The van der Waals surface area contributed by atoms with Gasteiger partial charge in [-0.25, -0.2) is 4.98 Å². The first kappa shape index (κ1) is 17.7. The Bertz CT molecular complexity index is 798. The zero-order valence-electron chi connectivity index (χ0n) is 15.2. The maximum absolute atomic E-state index is 13.3. The summed E-state index contributed by atoms with van der Waals surface area (Å²) in [5.74, 6) is 0.101. The van der Waals surface area contributed by atoms with Gasteiger partial charge in [-0.05, 0) is 37.1 Å². The van der Waals surface area contributed by atoms with Crippen LogP contribution in [0.2, 0.25) is 0 Å². The maximum atomic E-state index is 13.3. The standard InChI is InChI=1S/C20H27N3O2S/c24-18(13-22-14-21-17-11-12-26-19(17)20(22)25)23(15-7-3-1-4-8-15)16-9-5-2-6-10-16/h11-12,14-16H,1-10,13H2. The third-order valence-corrected chi connectivity index (χ3v) is 6.86. The van der Waals surface area contributed by atoms with E-state index in [1.165, 1.54) is 60.8 Å². The van der Waals surface area contributed by atoms with Crippen LogP contribution in [0.25, 0.3) is 10.2 Å². The number of nitrogens with zero attached hydrogens (tertiary/aromatic N) is 3. The molecule has 0 aromatic carbocycles. The molecule has 2 aromatic heterocycles. The summed E-state index contributed by atoms with van der Waals surface area (Å²) in [6, 6.07) is 2.56. The number of hydrogen-bond donors (Lipinski definition) is 0. The van der Waals surface area contributed by atoms with Gasteiger partial charge in [-0.15, -0.1) is 11.3 Å². The SMILES string of the molecule is O=C(Cn1cnc2ccsc2c1=O)N(C1CCCCC1)C1CCCCC1. The van der Waals surface area contributed by atoms with Crippen LogP contribution >= 0.6 is 11.3 Å². The van der Waals surface area contributed by atoms with Crippen molar-refractivity contribution in [3.05, 3.63) is 28.1 Å². The molecule has 0 atom stereocenters. The number of carbonyl (C=O) groups excluding carboxylic acids is 1. The summed E-state index contributed by atoms with van der Waals surface area (Å²) < 4.78 is 2.14. The van der Waals surface area contributed by atoms with E-state index < -0.39 is 0 Å². The van der Waals surface area contributed by atoms with Crippen molar-refractivity contribution in [2.45, 2.75) is 82.8 Å². The van der Waals surface area contributed by atoms with E-state index in [0.717, 1.165) is 31.2 Å². The average Bonchev–Trinajstić information content (AvgIpc) is 3.16. The van der Waals surface area contributed by atoms with Gasteiger partial charge in [0.05, 0.1) is 11.8 Å². The lowest BCUT2D eigenvalue weighted by Crippen LogP contribution is -2.50. The van der Waals surface area contributed by atoms with Crippen LogP contribution in [0.1, 0.15) is 64.2 Å². The Hall–Kier alpha value is -1.69. The Morgan fingerprint density at radius 2 is 1.69 bits per heavy atom. The van der Waals surface area contributed by atoms with E-state index in [-0.39, 0.29) is 18.0 Å². The maximum Gasteiger partial charge on any atom is 0.271 e. The molecular formula is C20H27N3O2S. The highest BCUT2D eigenvalue weighted by atomic mass is 32.1. The van der Waals surface area contributed by atoms with Crippen molar-refractivity contribution in [3.8, 4) is 0 Å². The molecule has 1 amide bonds. The minimum atomic E-state index is -0.0920. The van der Waals surface area contributed by atoms with Gasteiger partial charge in [0.2, 0.25) is 5.91 Å². The molecule has 6 heteroatoms. The van der Waals surface area contributed by atoms with Gasteiger partial charge in [0.25, 0.3) is 5.56 Å². The summed E-state index contributed by atoms with van der Waals surface area (Å²) in [7, 11) is 0. The van der Waals surface area contributed by atoms with Crippen LogP contribution in [0.15, 0.2) is 22.6 Å². The smallest absolute Gasteiger partial charge is 0.271 e. The number of carbonyl (C=O) groups is 1. The van der Waals surface area contributed by atoms with Crippen LogP contribution in [-0.2, 0) is 11.3 Å². The molecule has 0 saturated heterocycles. The fourth-order valence-electron chi connectivity index (χ4n) is 4.64. The topological polar surface area (TPSA) is 55.2 Å². The van der Waals surface area contributed by atoms with Crippen LogP contribution in [0.4, 0.5) is 0 Å². The first-order valence-corrected chi connectivity index (χ1v) is 10.9. The predicted octanol–water partition coefficient (Wildman–Crippen LogP) is 3.95. The second-order valence-electron chi connectivity index (χ2n) is 7.70. The average molecular weight is 374 g/mol. The molecule has 0 spiro atoms. The molecule has 26 heavy (non-hydrogen) atoms. The summed E-state index contributed by atoms with van der Waals surface area (Å²) in [4.78, 5) is 32.5. The molecule has 140 valence electrons. The summed E-state index contributed by atoms with van der Waals surface area (Å²) in [5.41, 5.74) is 0.630. The van der Waals surface area contributed by atoms with E-state index in [9.17, 15) is 9.59 Å². The van der Waals surface area contributed by atoms with Gasteiger partial charge < -0.3 is 4.90 Å². The van der Waals surface area contributed by atoms with Crippen molar-refractivity contribution < 1.29 is 4.79 Å². The van der Waals surface area contributed by atoms with Gasteiger partial charge in [-0.1, -0.05) is 38.5 Å². The van der Waals surface area contributed by atoms with E-state index in [2.05, 4.69) is 9.88 Å². The number of hydrogen-bond acceptors (Lipinski definition) is 4. The highest BCUT2D eigenvalue weighted by Crippen LogP contribution is 2.30. The van der Waals surface area contributed by atoms with Gasteiger partial charge in [0, 0.05) is 12.1 Å². The molecule has 0 unspecified atom stereocenters. The van der Waals surface area contributed by atoms with Gasteiger partial charge in [-0.2, -0.15) is 0 Å². The second kappa shape index (κ2) is 7.91. The Kier molecular flexibility index (Phi) is 5.38. The lowest BCUT2D eigenvalue weighted by molar-refractivity contribution is -0.138. The van der Waals surface area contributed by atoms with Crippen molar-refractivity contribution in [1.29, 1.82) is 0 Å². The molecule has 0 bridgehead atoms. The molecule has 0 N–H and O–H groups in total. The van der Waals surface area contributed by atoms with Gasteiger partial charge >= 0.3 is 0 Å². The Labute approximate surface area is 158 Å². The zero-order chi connectivity index (χ0) is 17.9. The Balaban J connectivity index is 1.58. The Morgan fingerprint density at radius 1 is 1.08 bits per heavy atom. The number of thiophene rings is 1. The molecule has 2 heterocycles. The quantitative estimate of drug-likeness (QED) is 0.815. The number of fused-ring (bicyclic) bond motifs is 1. The molecule has 2 fully saturated rings. The largest absolute Gasteiger partial charge is 0.335 e. The molecule has 2 saturated carbocycles. The number of aromatic nitrogens is 2. The van der Waals surface area contributed by atoms with Crippen molar-refractivity contribution >= 4 is 27.5 Å². The van der Waals surface area contributed by atoms with Crippen LogP contribution in [0.3, 0.4) is 0 Å². The molecule has 2 aromatic rings. The zero-order valence-corrected chi connectivity index (χ0v) is 16.0. The lowest BCUT2D eigenvalue weighted by atomic mass is 9.88. The van der Waals surface area contributed by atoms with E-state index in [1.54, 1.807) is 0 Å². The number of rotatable bonds is 4. The number of amides is 1. The van der Waals surface area contributed by atoms with Crippen LogP contribution < -0.4 is 5.56 Å². The van der Waals surface area contributed by atoms with Crippen molar-refractivity contribution in [2.75, 3.05) is 0 Å². The van der Waals surface area contributed by atoms with Crippen molar-refractivity contribution in [3.63, 3.8) is 0 Å². The molecule has 0 aliphatic heterocycles. The fraction of sp³-hybridized carbons (Fsp3) is 0.650. The molecule has 4 rings (SSSR count). The summed E-state index contributed by atoms with van der Waals surface area (Å²) in [5, 5.41) is 1.88. The van der Waals surface area contributed by atoms with E-state index in [4.69, 9.17) is 0 Å². The van der Waals surface area contributed by atoms with Crippen LogP contribution in [0.5, 0.6) is 0 Å². The highest BCUT2D eigenvalue weighted by molar-refractivity contribution is 7.17. The fourth-order valence-corrected chi connectivity index (χ4v) is 5.44. The normalized spacial score (nSPS) is 19.7. The van der Waals surface area contributed by atoms with Gasteiger partial charge in [-0.3, -0.25) is 14.2 Å². The highest BCUT2D eigenvalue weighted by Gasteiger charge is 2.32. The van der Waals surface area contributed by atoms with E-state index in [0.29, 0.717) is 16.8 Å². The second-order valence-corrected chi connectivity index (χ2v) is 8.61. The first-order valence-electron chi connectivity index (χ1n) is 9.98. The predicted molar refractivity (Wildman–Crippen MR) is 104 cm³/mol. The summed E-state index contributed by atoms with van der Waals surface area (Å²) >= 11 is 1.40. The first-order chi connectivity index (χ1) is 12.7. The van der Waals surface area contributed by atoms with Crippen LogP contribution in [-0.4, -0.2) is 32.4 Å². The molecule has 0 radical (unpaired) electrons. The third-order valence-electron chi connectivity index (χ3n) is 5.97. The van der Waals surface area contributed by atoms with Gasteiger partial charge in [0.15, 0.2) is 0 Å². The molecule has 5 nitrogen and oxygen atoms in total. The Morgan fingerprint density at radius 3 is 2.31 bits per heavy atom. The van der Waals surface area contributed by atoms with Gasteiger partial charge in [0.1, 0.15) is 11.2 Å². The molecule has 2 aliphatic rings. The molecular weight excluding hydrogens is 346 g/mol. The van der Waals surface area contributed by atoms with E-state index >= 15 is 0 Å². The van der Waals surface area contributed by atoms with Crippen LogP contribution in [0, 0.1) is 0 Å². The summed E-state index contributed by atoms with van der Waals surface area (Å²) in [6.07, 6.45) is 13.4. The van der Waals surface area contributed by atoms with Crippen molar-refractivity contribution in [2.24, 2.45) is 0 Å². The van der Waals surface area contributed by atoms with E-state index in [1.807, 2.05) is 11.4 Å².